The van der Waals surface area contributed by atoms with Crippen LogP contribution in [-0.2, 0) is 37.8 Å². The topological polar surface area (TPSA) is 81.8 Å². The highest BCUT2D eigenvalue weighted by molar-refractivity contribution is 7.11. The number of fused-ring (bicyclic) bond motifs is 1. The summed E-state index contributed by atoms with van der Waals surface area (Å²) in [4.78, 5) is 30.1. The number of thiazole rings is 1. The smallest absolute Gasteiger partial charge is 0.345 e. The summed E-state index contributed by atoms with van der Waals surface area (Å²) in [5, 5.41) is 8.34. The maximum atomic E-state index is 12.5. The molecule has 1 aliphatic rings. The van der Waals surface area contributed by atoms with Crippen LogP contribution in [0.2, 0.25) is 0 Å². The zero-order valence-electron chi connectivity index (χ0n) is 14.3. The van der Waals surface area contributed by atoms with Gasteiger partial charge in [-0.3, -0.25) is 9.36 Å². The lowest BCUT2D eigenvalue weighted by atomic mass is 9.98. The van der Waals surface area contributed by atoms with Crippen LogP contribution in [-0.4, -0.2) is 25.2 Å². The Labute approximate surface area is 144 Å². The molecule has 0 aliphatic carbocycles. The Kier molecular flexibility index (Phi) is 4.84. The van der Waals surface area contributed by atoms with Crippen LogP contribution in [0.3, 0.4) is 0 Å². The summed E-state index contributed by atoms with van der Waals surface area (Å²) in [6.07, 6.45) is 3.44. The summed E-state index contributed by atoms with van der Waals surface area (Å²) < 4.78 is 2.95. The van der Waals surface area contributed by atoms with Crippen molar-refractivity contribution in [2.45, 2.75) is 52.6 Å². The lowest BCUT2D eigenvalue weighted by Crippen LogP contribution is -2.38. The van der Waals surface area contributed by atoms with Gasteiger partial charge in [-0.1, -0.05) is 6.92 Å². The minimum absolute atomic E-state index is 0.00115. The van der Waals surface area contributed by atoms with Gasteiger partial charge >= 0.3 is 5.69 Å². The first-order chi connectivity index (χ1) is 11.5. The molecule has 0 unspecified atom stereocenters. The first-order valence-electron chi connectivity index (χ1n) is 8.35. The minimum Gasteiger partial charge on any atom is -0.351 e. The highest BCUT2D eigenvalue weighted by Gasteiger charge is 2.27. The molecule has 0 saturated heterocycles. The van der Waals surface area contributed by atoms with Gasteiger partial charge < -0.3 is 5.32 Å². The summed E-state index contributed by atoms with van der Waals surface area (Å²) in [6.45, 7) is 5.04. The van der Waals surface area contributed by atoms with E-state index in [4.69, 9.17) is 0 Å². The molecule has 0 spiro atoms. The van der Waals surface area contributed by atoms with Gasteiger partial charge in [0.05, 0.1) is 23.2 Å². The van der Waals surface area contributed by atoms with Crippen molar-refractivity contribution in [3.05, 3.63) is 31.9 Å². The largest absolute Gasteiger partial charge is 0.351 e. The summed E-state index contributed by atoms with van der Waals surface area (Å²) in [5.41, 5.74) is 0.850. The zero-order valence-corrected chi connectivity index (χ0v) is 15.2. The van der Waals surface area contributed by atoms with Gasteiger partial charge in [-0.25, -0.2) is 14.5 Å². The molecule has 0 radical (unpaired) electrons. The standard InChI is InChI=1S/C16H23N5O2S/c1-4-5-14-18-10(2)12(24-14)8-17-15(22)11-6-7-13-19-20(3)16(23)21(13)9-11/h11H,4-9H2,1-3H3,(H,17,22)/t11-/m0/s1. The SMILES string of the molecule is CCCc1nc(C)c(CNC(=O)[C@H]2CCc3nn(C)c(=O)n3C2)s1. The van der Waals surface area contributed by atoms with E-state index >= 15 is 0 Å². The third kappa shape index (κ3) is 3.28. The van der Waals surface area contributed by atoms with Crippen LogP contribution >= 0.6 is 11.3 Å². The number of rotatable bonds is 5. The molecule has 8 heteroatoms. The molecular weight excluding hydrogens is 326 g/mol. The molecule has 2 aromatic heterocycles. The van der Waals surface area contributed by atoms with E-state index in [-0.39, 0.29) is 17.5 Å². The van der Waals surface area contributed by atoms with Gasteiger partial charge in [0.2, 0.25) is 5.91 Å². The Bertz CT molecular complexity index is 804. The number of carbonyl (C=O) groups is 1. The lowest BCUT2D eigenvalue weighted by Gasteiger charge is -2.21. The molecule has 1 aliphatic heterocycles. The second-order valence-electron chi connectivity index (χ2n) is 6.25. The van der Waals surface area contributed by atoms with E-state index < -0.39 is 0 Å². The van der Waals surface area contributed by atoms with E-state index in [1.54, 1.807) is 23.0 Å². The third-order valence-electron chi connectivity index (χ3n) is 4.40. The molecular formula is C16H23N5O2S. The maximum Gasteiger partial charge on any atom is 0.345 e. The normalized spacial score (nSPS) is 16.9. The van der Waals surface area contributed by atoms with Gasteiger partial charge in [0.15, 0.2) is 0 Å². The van der Waals surface area contributed by atoms with Gasteiger partial charge in [0, 0.05) is 24.9 Å². The molecule has 2 aromatic rings. The van der Waals surface area contributed by atoms with Crippen molar-refractivity contribution in [3.63, 3.8) is 0 Å². The Balaban J connectivity index is 1.62. The van der Waals surface area contributed by atoms with E-state index in [1.807, 2.05) is 6.92 Å². The molecule has 1 atom stereocenters. The van der Waals surface area contributed by atoms with Gasteiger partial charge in [-0.2, -0.15) is 5.10 Å². The first-order valence-corrected chi connectivity index (χ1v) is 9.16. The molecule has 24 heavy (non-hydrogen) atoms. The monoisotopic (exact) mass is 349 g/mol. The summed E-state index contributed by atoms with van der Waals surface area (Å²) >= 11 is 1.67. The van der Waals surface area contributed by atoms with Gasteiger partial charge in [0.1, 0.15) is 5.82 Å². The highest BCUT2D eigenvalue weighted by atomic mass is 32.1. The van der Waals surface area contributed by atoms with Crippen LogP contribution in [0, 0.1) is 12.8 Å². The molecule has 3 heterocycles. The summed E-state index contributed by atoms with van der Waals surface area (Å²) in [7, 11) is 1.64. The molecule has 0 fully saturated rings. The molecule has 130 valence electrons. The zero-order chi connectivity index (χ0) is 17.3. The van der Waals surface area contributed by atoms with E-state index in [0.717, 1.165) is 40.7 Å². The number of carbonyl (C=O) groups excluding carboxylic acids is 1. The van der Waals surface area contributed by atoms with Crippen molar-refractivity contribution in [1.82, 2.24) is 24.6 Å². The molecule has 0 aromatic carbocycles. The Morgan fingerprint density at radius 1 is 1.46 bits per heavy atom. The molecule has 1 amide bonds. The highest BCUT2D eigenvalue weighted by Crippen LogP contribution is 2.20. The van der Waals surface area contributed by atoms with Crippen LogP contribution in [0.1, 0.15) is 41.2 Å². The Morgan fingerprint density at radius 2 is 2.25 bits per heavy atom. The number of amides is 1. The number of hydrogen-bond acceptors (Lipinski definition) is 5. The van der Waals surface area contributed by atoms with Crippen LogP contribution in [0.25, 0.3) is 0 Å². The van der Waals surface area contributed by atoms with Gasteiger partial charge in [-0.05, 0) is 26.2 Å². The predicted octanol–water partition coefficient (Wildman–Crippen LogP) is 1.18. The van der Waals surface area contributed by atoms with E-state index in [1.165, 1.54) is 4.68 Å². The fourth-order valence-corrected chi connectivity index (χ4v) is 4.15. The predicted molar refractivity (Wildman–Crippen MR) is 92.0 cm³/mol. The van der Waals surface area contributed by atoms with Crippen molar-refractivity contribution in [2.24, 2.45) is 13.0 Å². The van der Waals surface area contributed by atoms with Crippen molar-refractivity contribution in [2.75, 3.05) is 0 Å². The number of aryl methyl sites for hydroxylation is 4. The molecule has 3 rings (SSSR count). The fourth-order valence-electron chi connectivity index (χ4n) is 3.04. The molecule has 1 N–H and O–H groups in total. The number of nitrogens with zero attached hydrogens (tertiary/aromatic N) is 4. The van der Waals surface area contributed by atoms with Gasteiger partial charge in [0.25, 0.3) is 0 Å². The van der Waals surface area contributed by atoms with Crippen LogP contribution in [0.4, 0.5) is 0 Å². The second kappa shape index (κ2) is 6.88. The van der Waals surface area contributed by atoms with E-state index in [9.17, 15) is 9.59 Å². The number of hydrogen-bond donors (Lipinski definition) is 1. The average molecular weight is 349 g/mol. The third-order valence-corrected chi connectivity index (χ3v) is 5.62. The van der Waals surface area contributed by atoms with Crippen molar-refractivity contribution in [3.8, 4) is 0 Å². The summed E-state index contributed by atoms with van der Waals surface area (Å²) in [6, 6.07) is 0. The number of nitrogens with one attached hydrogen (secondary N) is 1. The minimum atomic E-state index is -0.178. The fraction of sp³-hybridized carbons (Fsp3) is 0.625. The molecule has 0 bridgehead atoms. The molecule has 0 saturated carbocycles. The molecule has 7 nitrogen and oxygen atoms in total. The van der Waals surface area contributed by atoms with Crippen molar-refractivity contribution in [1.29, 1.82) is 0 Å². The average Bonchev–Trinajstić information content (AvgIpc) is 3.05. The first kappa shape index (κ1) is 16.9. The quantitative estimate of drug-likeness (QED) is 0.879. The van der Waals surface area contributed by atoms with Crippen LogP contribution < -0.4 is 11.0 Å². The maximum absolute atomic E-state index is 12.5. The van der Waals surface area contributed by atoms with Crippen LogP contribution in [0.5, 0.6) is 0 Å². The van der Waals surface area contributed by atoms with Crippen molar-refractivity contribution < 1.29 is 4.79 Å². The Morgan fingerprint density at radius 3 is 3.00 bits per heavy atom. The van der Waals surface area contributed by atoms with Crippen molar-refractivity contribution >= 4 is 17.2 Å². The van der Waals surface area contributed by atoms with E-state index in [0.29, 0.717) is 19.5 Å². The van der Waals surface area contributed by atoms with Gasteiger partial charge in [-0.15, -0.1) is 11.3 Å². The summed E-state index contributed by atoms with van der Waals surface area (Å²) in [5.74, 6) is 0.595. The second-order valence-corrected chi connectivity index (χ2v) is 7.42. The Hall–Kier alpha value is -1.96. The lowest BCUT2D eigenvalue weighted by molar-refractivity contribution is -0.126. The van der Waals surface area contributed by atoms with Crippen LogP contribution in [0.15, 0.2) is 4.79 Å². The number of aromatic nitrogens is 4. The van der Waals surface area contributed by atoms with E-state index in [2.05, 4.69) is 22.3 Å².